The summed E-state index contributed by atoms with van der Waals surface area (Å²) in [6.07, 6.45) is 4.41. The number of fused-ring (bicyclic) bond motifs is 3. The van der Waals surface area contributed by atoms with Crippen molar-refractivity contribution in [1.82, 2.24) is 19.8 Å². The number of methoxy groups -OCH3 is 1. The predicted octanol–water partition coefficient (Wildman–Crippen LogP) is 5.95. The number of amides is 1. The Morgan fingerprint density at radius 2 is 1.89 bits per heavy atom. The van der Waals surface area contributed by atoms with Crippen LogP contribution in [0.15, 0.2) is 70.6 Å². The smallest absolute Gasteiger partial charge is 0.258 e. The van der Waals surface area contributed by atoms with Crippen molar-refractivity contribution in [2.24, 2.45) is 28.2 Å². The third-order valence-corrected chi connectivity index (χ3v) is 12.7. The molecule has 9 rings (SSSR count). The van der Waals surface area contributed by atoms with E-state index in [0.29, 0.717) is 77.7 Å². The number of pyridine rings is 2. The number of rotatable bonds is 8. The quantitative estimate of drug-likeness (QED) is 0.168. The molecule has 3 aliphatic carbocycles. The number of anilines is 2. The molecule has 2 saturated heterocycles. The van der Waals surface area contributed by atoms with E-state index in [1.165, 1.54) is 19.6 Å². The summed E-state index contributed by atoms with van der Waals surface area (Å²) in [4.78, 5) is 41.5. The van der Waals surface area contributed by atoms with Crippen molar-refractivity contribution >= 4 is 34.1 Å². The Bertz CT molecular complexity index is 2160. The molecule has 2 aromatic heterocycles. The van der Waals surface area contributed by atoms with Crippen LogP contribution in [-0.4, -0.2) is 84.9 Å². The maximum atomic E-state index is 15.1. The van der Waals surface area contributed by atoms with Crippen LogP contribution < -0.4 is 25.8 Å². The molecule has 11 nitrogen and oxygen atoms in total. The molecule has 2 N–H and O–H groups in total. The van der Waals surface area contributed by atoms with Crippen LogP contribution in [0, 0.1) is 29.0 Å². The number of aryl methyl sites for hydroxylation is 1. The number of aliphatic imine (C=N–C) groups is 1. The van der Waals surface area contributed by atoms with E-state index >= 15 is 4.39 Å². The highest BCUT2D eigenvalue weighted by molar-refractivity contribution is 5.99. The summed E-state index contributed by atoms with van der Waals surface area (Å²) in [5.74, 6) is 3.30. The standard InChI is InChI=1S/C43H52FN7O4/c1-26-24-50(25-40(52)46-26)42(48-37-21-31-20-35(27(37)2)43(31,3)4)47-32-8-10-34-30(18-32)19-38(29-7-11-39(45-23-29)49-14-16-55-17-15-49)51(41(34)53)13-12-28-6-9-33(54-5)22-36(28)44/h6-11,18-19,22-23,26-27,31,35,37H,12-17,20-21,24-25H2,1-5H3,(H,46,52)(H,47,48)/t26-,27-,31-,35+,37?/m0/s1. The van der Waals surface area contributed by atoms with Gasteiger partial charge in [-0.25, -0.2) is 14.4 Å². The van der Waals surface area contributed by atoms with Gasteiger partial charge in [-0.2, -0.15) is 0 Å². The van der Waals surface area contributed by atoms with Crippen molar-refractivity contribution in [3.63, 3.8) is 0 Å². The average Bonchev–Trinajstić information content (AvgIpc) is 3.18. The van der Waals surface area contributed by atoms with E-state index in [4.69, 9.17) is 19.5 Å². The van der Waals surface area contributed by atoms with E-state index in [9.17, 15) is 9.59 Å². The van der Waals surface area contributed by atoms with Gasteiger partial charge in [-0.05, 0) is 103 Å². The monoisotopic (exact) mass is 749 g/mol. The number of piperazine rings is 1. The molecule has 5 aliphatic rings. The molecular weight excluding hydrogens is 698 g/mol. The summed E-state index contributed by atoms with van der Waals surface area (Å²) < 4.78 is 27.5. The lowest BCUT2D eigenvalue weighted by molar-refractivity contribution is -0.124. The molecule has 2 aromatic carbocycles. The Labute approximate surface area is 321 Å². The van der Waals surface area contributed by atoms with Crippen LogP contribution in [0.3, 0.4) is 0 Å². The third-order valence-electron chi connectivity index (χ3n) is 12.7. The minimum atomic E-state index is -0.372. The number of morpholine rings is 1. The number of guanidine groups is 1. The van der Waals surface area contributed by atoms with Crippen molar-refractivity contribution in [2.75, 3.05) is 56.7 Å². The first-order chi connectivity index (χ1) is 26.5. The van der Waals surface area contributed by atoms with Crippen LogP contribution in [0.1, 0.15) is 46.1 Å². The number of nitrogens with one attached hydrogen (secondary N) is 2. The maximum Gasteiger partial charge on any atom is 0.258 e. The Balaban J connectivity index is 1.15. The molecular formula is C43H52FN7O4. The summed E-state index contributed by atoms with van der Waals surface area (Å²) in [5.41, 5.74) is 2.93. The van der Waals surface area contributed by atoms with Gasteiger partial charge in [0.1, 0.15) is 17.4 Å². The van der Waals surface area contributed by atoms with Gasteiger partial charge in [0.05, 0.1) is 38.6 Å². The Kier molecular flexibility index (Phi) is 10.0. The fraction of sp³-hybridized carbons (Fsp3) is 0.488. The minimum Gasteiger partial charge on any atom is -0.497 e. The number of halogens is 1. The maximum absolute atomic E-state index is 15.1. The second-order valence-corrected chi connectivity index (χ2v) is 16.4. The van der Waals surface area contributed by atoms with E-state index in [1.807, 2.05) is 49.5 Å². The van der Waals surface area contributed by atoms with E-state index < -0.39 is 0 Å². The molecule has 2 aliphatic heterocycles. The molecule has 2 bridgehead atoms. The molecule has 5 fully saturated rings. The number of carbonyl (C=O) groups is 1. The van der Waals surface area contributed by atoms with Crippen LogP contribution in [0.25, 0.3) is 22.0 Å². The van der Waals surface area contributed by atoms with Crippen LogP contribution >= 0.6 is 0 Å². The predicted molar refractivity (Wildman–Crippen MR) is 214 cm³/mol. The number of benzene rings is 2. The third kappa shape index (κ3) is 7.28. The normalized spacial score (nSPS) is 25.0. The molecule has 0 radical (unpaired) electrons. The number of ether oxygens (including phenoxy) is 2. The van der Waals surface area contributed by atoms with Gasteiger partial charge >= 0.3 is 0 Å². The molecule has 55 heavy (non-hydrogen) atoms. The molecule has 4 aromatic rings. The number of hydrogen-bond acceptors (Lipinski definition) is 7. The number of nitrogens with zero attached hydrogens (tertiary/aromatic N) is 5. The Morgan fingerprint density at radius 3 is 2.58 bits per heavy atom. The van der Waals surface area contributed by atoms with Gasteiger partial charge < -0.3 is 34.5 Å². The SMILES string of the molecule is COc1ccc(CCn2c(-c3ccc(N4CCOCC4)nc3)cc3cc(NC(=NC4C[C@@H]5C[C@H]([C@@H]4C)C5(C)C)N4CC(=O)N[C@@H](C)C4)ccc3c2=O)c(F)c1. The largest absolute Gasteiger partial charge is 0.497 e. The van der Waals surface area contributed by atoms with Crippen molar-refractivity contribution < 1.29 is 18.7 Å². The molecule has 1 amide bonds. The van der Waals surface area contributed by atoms with Crippen molar-refractivity contribution in [2.45, 2.75) is 65.6 Å². The number of carbonyl (C=O) groups excluding carboxylic acids is 1. The van der Waals surface area contributed by atoms with Gasteiger partial charge in [0.2, 0.25) is 5.91 Å². The Hall–Kier alpha value is -4.97. The lowest BCUT2D eigenvalue weighted by Crippen LogP contribution is -2.58. The molecule has 3 saturated carbocycles. The van der Waals surface area contributed by atoms with E-state index in [1.54, 1.807) is 16.7 Å². The molecule has 0 spiro atoms. The van der Waals surface area contributed by atoms with Crippen molar-refractivity contribution in [3.8, 4) is 17.0 Å². The average molecular weight is 750 g/mol. The van der Waals surface area contributed by atoms with Crippen LogP contribution in [0.2, 0.25) is 0 Å². The van der Waals surface area contributed by atoms with Gasteiger partial charge in [0.15, 0.2) is 5.96 Å². The zero-order valence-electron chi connectivity index (χ0n) is 32.5. The van der Waals surface area contributed by atoms with E-state index in [0.717, 1.165) is 42.0 Å². The molecule has 290 valence electrons. The lowest BCUT2D eigenvalue weighted by atomic mass is 9.45. The zero-order valence-corrected chi connectivity index (χ0v) is 32.5. The fourth-order valence-corrected chi connectivity index (χ4v) is 9.37. The highest BCUT2D eigenvalue weighted by atomic mass is 19.1. The number of hydrogen-bond donors (Lipinski definition) is 2. The summed E-state index contributed by atoms with van der Waals surface area (Å²) >= 11 is 0. The molecule has 12 heteroatoms. The highest BCUT2D eigenvalue weighted by Crippen LogP contribution is 2.61. The van der Waals surface area contributed by atoms with Crippen LogP contribution in [0.4, 0.5) is 15.9 Å². The van der Waals surface area contributed by atoms with E-state index in [2.05, 4.69) is 41.2 Å². The van der Waals surface area contributed by atoms with Gasteiger partial charge in [0, 0.05) is 61.1 Å². The van der Waals surface area contributed by atoms with Crippen LogP contribution in [-0.2, 0) is 22.5 Å². The first kappa shape index (κ1) is 37.0. The summed E-state index contributed by atoms with van der Waals surface area (Å²) in [6.45, 7) is 13.1. The first-order valence-electron chi connectivity index (χ1n) is 19.7. The second kappa shape index (κ2) is 14.9. The van der Waals surface area contributed by atoms with Gasteiger partial charge in [-0.1, -0.05) is 26.8 Å². The number of aromatic nitrogens is 2. The highest BCUT2D eigenvalue weighted by Gasteiger charge is 2.56. The molecule has 5 atom stereocenters. The molecule has 1 unspecified atom stereocenters. The topological polar surface area (TPSA) is 113 Å². The van der Waals surface area contributed by atoms with Gasteiger partial charge in [0.25, 0.3) is 5.56 Å². The Morgan fingerprint density at radius 1 is 1.07 bits per heavy atom. The lowest BCUT2D eigenvalue weighted by Gasteiger charge is -2.61. The minimum absolute atomic E-state index is 0.0170. The van der Waals surface area contributed by atoms with Crippen molar-refractivity contribution in [3.05, 3.63) is 82.5 Å². The van der Waals surface area contributed by atoms with E-state index in [-0.39, 0.29) is 42.5 Å². The zero-order chi connectivity index (χ0) is 38.4. The fourth-order valence-electron chi connectivity index (χ4n) is 9.37. The second-order valence-electron chi connectivity index (χ2n) is 16.4. The molecule has 4 heterocycles. The van der Waals surface area contributed by atoms with Crippen molar-refractivity contribution in [1.29, 1.82) is 0 Å². The summed E-state index contributed by atoms with van der Waals surface area (Å²) in [5, 5.41) is 7.95. The van der Waals surface area contributed by atoms with Gasteiger partial charge in [-0.15, -0.1) is 0 Å². The first-order valence-corrected chi connectivity index (χ1v) is 19.7. The van der Waals surface area contributed by atoms with Crippen LogP contribution in [0.5, 0.6) is 5.75 Å². The van der Waals surface area contributed by atoms with Gasteiger partial charge in [-0.3, -0.25) is 9.59 Å². The summed E-state index contributed by atoms with van der Waals surface area (Å²) in [7, 11) is 1.51. The summed E-state index contributed by atoms with van der Waals surface area (Å²) in [6, 6.07) is 16.7.